The van der Waals surface area contributed by atoms with E-state index in [1.807, 2.05) is 13.8 Å². The molecule has 0 saturated heterocycles. The van der Waals surface area contributed by atoms with Gasteiger partial charge in [-0.05, 0) is 66.4 Å². The van der Waals surface area contributed by atoms with Gasteiger partial charge in [0.2, 0.25) is 20.0 Å². The van der Waals surface area contributed by atoms with E-state index in [4.69, 9.17) is 34.8 Å². The Morgan fingerprint density at radius 1 is 0.875 bits per heavy atom. The summed E-state index contributed by atoms with van der Waals surface area (Å²) in [4.78, 5) is 3.97. The van der Waals surface area contributed by atoms with Gasteiger partial charge in [0, 0.05) is 48.6 Å². The van der Waals surface area contributed by atoms with Crippen LogP contribution in [0.2, 0.25) is 10.0 Å². The molecule has 0 aliphatic rings. The van der Waals surface area contributed by atoms with Gasteiger partial charge >= 0.3 is 0 Å². The molecule has 1 N–H and O–H groups in total. The number of aromatic nitrogens is 1. The zero-order valence-electron chi connectivity index (χ0n) is 22.3. The van der Waals surface area contributed by atoms with Crippen LogP contribution in [0.15, 0.2) is 76.8 Å². The van der Waals surface area contributed by atoms with Gasteiger partial charge < -0.3 is 5.11 Å². The predicted octanol–water partition coefficient (Wildman–Crippen LogP) is 5.42. The van der Waals surface area contributed by atoms with E-state index in [1.165, 1.54) is 47.9 Å². The highest BCUT2D eigenvalue weighted by atomic mass is 35.5. The van der Waals surface area contributed by atoms with Crippen molar-refractivity contribution in [2.24, 2.45) is 5.92 Å². The van der Waals surface area contributed by atoms with Crippen LogP contribution in [-0.4, -0.2) is 60.1 Å². The van der Waals surface area contributed by atoms with Gasteiger partial charge in [-0.15, -0.1) is 11.6 Å². The number of hydrogen-bond donors (Lipinski definition) is 1. The first-order valence-electron chi connectivity index (χ1n) is 12.4. The topological polar surface area (TPSA) is 108 Å². The Kier molecular flexibility index (Phi) is 11.0. The van der Waals surface area contributed by atoms with Crippen molar-refractivity contribution >= 4 is 54.8 Å². The average Bonchev–Trinajstić information content (AvgIpc) is 2.88. The summed E-state index contributed by atoms with van der Waals surface area (Å²) in [7, 11) is -7.99. The lowest BCUT2D eigenvalue weighted by Crippen LogP contribution is -2.44. The smallest absolute Gasteiger partial charge is 0.244 e. The summed E-state index contributed by atoms with van der Waals surface area (Å²) in [6, 6.07) is 13.8. The molecule has 0 aliphatic carbocycles. The molecule has 3 rings (SSSR count). The molecule has 2 aromatic carbocycles. The molecule has 0 spiro atoms. The normalized spacial score (nSPS) is 14.2. The summed E-state index contributed by atoms with van der Waals surface area (Å²) in [6.07, 6.45) is 2.80. The van der Waals surface area contributed by atoms with Crippen LogP contribution in [0.5, 0.6) is 0 Å². The lowest BCUT2D eigenvalue weighted by molar-refractivity contribution is 0.0610. The second-order valence-electron chi connectivity index (χ2n) is 10.2. The van der Waals surface area contributed by atoms with Crippen LogP contribution in [0.1, 0.15) is 31.9 Å². The van der Waals surface area contributed by atoms with Crippen molar-refractivity contribution in [1.82, 2.24) is 13.6 Å². The number of nitrogens with zero attached hydrogens (tertiary/aromatic N) is 3. The summed E-state index contributed by atoms with van der Waals surface area (Å²) in [5.41, 5.74) is -0.456. The van der Waals surface area contributed by atoms with Crippen molar-refractivity contribution in [3.63, 3.8) is 0 Å². The molecule has 1 unspecified atom stereocenters. The summed E-state index contributed by atoms with van der Waals surface area (Å²) in [6.45, 7) is 5.05. The quantitative estimate of drug-likeness (QED) is 0.248. The van der Waals surface area contributed by atoms with Gasteiger partial charge in [0.05, 0.1) is 16.4 Å². The summed E-state index contributed by atoms with van der Waals surface area (Å²) in [5.74, 6) is -0.174. The molecule has 8 nitrogen and oxygen atoms in total. The first-order chi connectivity index (χ1) is 18.6. The van der Waals surface area contributed by atoms with E-state index in [0.29, 0.717) is 16.1 Å². The fourth-order valence-electron chi connectivity index (χ4n) is 4.04. The zero-order chi connectivity index (χ0) is 29.7. The van der Waals surface area contributed by atoms with Gasteiger partial charge in [0.15, 0.2) is 0 Å². The van der Waals surface area contributed by atoms with Crippen molar-refractivity contribution in [2.45, 2.75) is 49.3 Å². The third-order valence-electron chi connectivity index (χ3n) is 5.81. The van der Waals surface area contributed by atoms with Crippen molar-refractivity contribution in [3.05, 3.63) is 88.2 Å². The van der Waals surface area contributed by atoms with E-state index < -0.39 is 25.6 Å². The maximum Gasteiger partial charge on any atom is 0.244 e. The van der Waals surface area contributed by atoms with E-state index in [0.717, 1.165) is 4.31 Å². The van der Waals surface area contributed by atoms with E-state index in [9.17, 15) is 21.9 Å². The van der Waals surface area contributed by atoms with Gasteiger partial charge in [-0.25, -0.2) is 16.8 Å². The van der Waals surface area contributed by atoms with Crippen LogP contribution in [0.4, 0.5) is 0 Å². The Morgan fingerprint density at radius 2 is 1.48 bits per heavy atom. The van der Waals surface area contributed by atoms with E-state index >= 15 is 0 Å². The van der Waals surface area contributed by atoms with Gasteiger partial charge in [-0.1, -0.05) is 49.2 Å². The maximum absolute atomic E-state index is 13.6. The van der Waals surface area contributed by atoms with Crippen molar-refractivity contribution in [3.8, 4) is 0 Å². The zero-order valence-corrected chi connectivity index (χ0v) is 26.2. The molecule has 0 saturated carbocycles. The Morgan fingerprint density at radius 3 is 2.02 bits per heavy atom. The number of alkyl halides is 1. The number of halogens is 3. The maximum atomic E-state index is 13.6. The molecule has 0 radical (unpaired) electrons. The van der Waals surface area contributed by atoms with E-state index in [-0.39, 0.29) is 52.8 Å². The number of benzene rings is 2. The molecular formula is C27H32Cl3N3O5S2. The fraction of sp³-hybridized carbons (Fsp3) is 0.370. The van der Waals surface area contributed by atoms with Crippen LogP contribution in [0.3, 0.4) is 0 Å². The van der Waals surface area contributed by atoms with Gasteiger partial charge in [-0.3, -0.25) is 4.98 Å². The van der Waals surface area contributed by atoms with Crippen molar-refractivity contribution in [1.29, 1.82) is 0 Å². The van der Waals surface area contributed by atoms with Crippen LogP contribution in [-0.2, 0) is 33.1 Å². The lowest BCUT2D eigenvalue weighted by Gasteiger charge is -2.30. The van der Waals surface area contributed by atoms with Gasteiger partial charge in [0.25, 0.3) is 0 Å². The van der Waals surface area contributed by atoms with Gasteiger partial charge in [-0.2, -0.15) is 8.61 Å². The molecule has 1 heterocycles. The molecule has 3 aromatic rings. The Balaban J connectivity index is 2.00. The molecule has 218 valence electrons. The predicted molar refractivity (Wildman–Crippen MR) is 159 cm³/mol. The van der Waals surface area contributed by atoms with Crippen LogP contribution >= 0.6 is 34.8 Å². The summed E-state index contributed by atoms with van der Waals surface area (Å²) >= 11 is 18.4. The van der Waals surface area contributed by atoms with Crippen LogP contribution in [0.25, 0.3) is 0 Å². The minimum Gasteiger partial charge on any atom is -0.388 e. The minimum absolute atomic E-state index is 0.00338. The summed E-state index contributed by atoms with van der Waals surface area (Å²) < 4.78 is 56.6. The molecule has 0 amide bonds. The van der Waals surface area contributed by atoms with E-state index in [2.05, 4.69) is 4.98 Å². The van der Waals surface area contributed by atoms with Crippen molar-refractivity contribution < 1.29 is 21.9 Å². The molecule has 40 heavy (non-hydrogen) atoms. The van der Waals surface area contributed by atoms with Crippen LogP contribution < -0.4 is 0 Å². The third-order valence-corrected chi connectivity index (χ3v) is 10.4. The molecule has 1 aromatic heterocycles. The average molecular weight is 649 g/mol. The number of rotatable bonds is 13. The van der Waals surface area contributed by atoms with E-state index in [1.54, 1.807) is 30.3 Å². The number of aliphatic hydroxyl groups is 1. The number of sulfonamides is 2. The van der Waals surface area contributed by atoms with Gasteiger partial charge in [0.1, 0.15) is 4.90 Å². The molecule has 0 aliphatic heterocycles. The Bertz CT molecular complexity index is 1520. The highest BCUT2D eigenvalue weighted by Crippen LogP contribution is 2.27. The minimum atomic E-state index is -4.12. The number of pyridine rings is 1. The standard InChI is InChI=1S/C27H32Cl3N3O5S2/c1-20(2)15-32(40(37,38)26-8-5-9-31-14-26)16-21-10-22(12-24(30)11-21)17-33(19-27(3,34)18-28)39(35,36)25-7-4-6-23(29)13-25/h4-14,20,34H,15-19H2,1-3H3. The number of hydrogen-bond acceptors (Lipinski definition) is 6. The van der Waals surface area contributed by atoms with Crippen LogP contribution in [0, 0.1) is 5.92 Å². The first-order valence-corrected chi connectivity index (χ1v) is 16.5. The third kappa shape index (κ3) is 8.62. The Labute approximate surface area is 251 Å². The SMILES string of the molecule is CC(C)CN(Cc1cc(Cl)cc(CN(CC(C)(O)CCl)S(=O)(=O)c2cccc(Cl)c2)c1)S(=O)(=O)c1cccnc1. The molecule has 0 fully saturated rings. The first kappa shape index (κ1) is 32.8. The summed E-state index contributed by atoms with van der Waals surface area (Å²) in [5, 5.41) is 11.2. The fourth-order valence-corrected chi connectivity index (χ4v) is 7.80. The highest BCUT2D eigenvalue weighted by Gasteiger charge is 2.32. The Hall–Kier alpha value is -1.76. The molecule has 1 atom stereocenters. The molecule has 0 bridgehead atoms. The molecule has 13 heteroatoms. The second kappa shape index (κ2) is 13.5. The lowest BCUT2D eigenvalue weighted by atomic mass is 10.1. The monoisotopic (exact) mass is 647 g/mol. The molecular weight excluding hydrogens is 617 g/mol. The largest absolute Gasteiger partial charge is 0.388 e. The highest BCUT2D eigenvalue weighted by molar-refractivity contribution is 7.89. The second-order valence-corrected chi connectivity index (χ2v) is 15.2. The van der Waals surface area contributed by atoms with Crippen molar-refractivity contribution in [2.75, 3.05) is 19.0 Å².